The summed E-state index contributed by atoms with van der Waals surface area (Å²) in [5.41, 5.74) is 9.40. The molecular formula is C14H25N3. The lowest BCUT2D eigenvalue weighted by atomic mass is 10.0. The molecule has 96 valence electrons. The maximum Gasteiger partial charge on any atom is 0.128 e. The summed E-state index contributed by atoms with van der Waals surface area (Å²) < 4.78 is 0. The molecule has 17 heavy (non-hydrogen) atoms. The van der Waals surface area contributed by atoms with Crippen LogP contribution in [0.2, 0.25) is 0 Å². The van der Waals surface area contributed by atoms with Gasteiger partial charge in [0.05, 0.1) is 0 Å². The van der Waals surface area contributed by atoms with Crippen LogP contribution in [-0.4, -0.2) is 16.5 Å². The van der Waals surface area contributed by atoms with Gasteiger partial charge in [-0.15, -0.1) is 0 Å². The quantitative estimate of drug-likeness (QED) is 0.789. The van der Waals surface area contributed by atoms with Gasteiger partial charge in [-0.2, -0.15) is 0 Å². The topological polar surface area (TPSA) is 51.8 Å². The third kappa shape index (κ3) is 3.77. The Morgan fingerprint density at radius 3 is 2.18 bits per heavy atom. The molecular weight excluding hydrogens is 210 g/mol. The highest BCUT2D eigenvalue weighted by Gasteiger charge is 2.10. The zero-order valence-electron chi connectivity index (χ0n) is 11.4. The zero-order valence-corrected chi connectivity index (χ0v) is 11.4. The van der Waals surface area contributed by atoms with Crippen molar-refractivity contribution in [2.45, 2.75) is 59.3 Å². The second-order valence-corrected chi connectivity index (χ2v) is 4.36. The Balaban J connectivity index is 3.05. The normalized spacial score (nSPS) is 10.8. The summed E-state index contributed by atoms with van der Waals surface area (Å²) in [5, 5.41) is 0. The minimum atomic E-state index is 0.712. The number of nitrogens with zero attached hydrogens (tertiary/aromatic N) is 2. The Hall–Kier alpha value is -0.960. The Labute approximate surface area is 105 Å². The van der Waals surface area contributed by atoms with Crippen molar-refractivity contribution in [3.63, 3.8) is 0 Å². The van der Waals surface area contributed by atoms with Crippen molar-refractivity contribution in [3.05, 3.63) is 22.8 Å². The standard InChI is InChI=1S/C14H25N3/c1-4-8-13-11(5-2)12(6-3)16-14(17-13)9-7-10-15/h4-10,15H2,1-3H3. The zero-order chi connectivity index (χ0) is 12.7. The van der Waals surface area contributed by atoms with E-state index in [4.69, 9.17) is 10.7 Å². The van der Waals surface area contributed by atoms with Crippen LogP contribution < -0.4 is 5.73 Å². The van der Waals surface area contributed by atoms with Crippen LogP contribution in [-0.2, 0) is 25.7 Å². The molecule has 0 aromatic carbocycles. The minimum Gasteiger partial charge on any atom is -0.330 e. The summed E-state index contributed by atoms with van der Waals surface area (Å²) in [6, 6.07) is 0. The van der Waals surface area contributed by atoms with E-state index in [1.165, 1.54) is 17.0 Å². The number of aryl methyl sites for hydroxylation is 3. The van der Waals surface area contributed by atoms with E-state index in [-0.39, 0.29) is 0 Å². The molecule has 0 aliphatic rings. The van der Waals surface area contributed by atoms with Crippen LogP contribution >= 0.6 is 0 Å². The fraction of sp³-hybridized carbons (Fsp3) is 0.714. The van der Waals surface area contributed by atoms with Crippen LogP contribution in [0.4, 0.5) is 0 Å². The van der Waals surface area contributed by atoms with Gasteiger partial charge in [-0.3, -0.25) is 0 Å². The summed E-state index contributed by atoms with van der Waals surface area (Å²) in [4.78, 5) is 9.39. The molecule has 0 spiro atoms. The summed E-state index contributed by atoms with van der Waals surface area (Å²) in [7, 11) is 0. The number of aromatic nitrogens is 2. The largest absolute Gasteiger partial charge is 0.330 e. The first-order valence-corrected chi connectivity index (χ1v) is 6.84. The molecule has 0 saturated heterocycles. The SMILES string of the molecule is CCCc1nc(CCCN)nc(CC)c1CC. The molecule has 1 aromatic heterocycles. The van der Waals surface area contributed by atoms with Crippen molar-refractivity contribution < 1.29 is 0 Å². The maximum absolute atomic E-state index is 5.54. The van der Waals surface area contributed by atoms with Crippen LogP contribution in [0, 0.1) is 0 Å². The van der Waals surface area contributed by atoms with Gasteiger partial charge in [0.25, 0.3) is 0 Å². The number of nitrogens with two attached hydrogens (primary N) is 1. The Morgan fingerprint density at radius 2 is 1.65 bits per heavy atom. The summed E-state index contributed by atoms with van der Waals surface area (Å²) >= 11 is 0. The van der Waals surface area contributed by atoms with Gasteiger partial charge in [0.2, 0.25) is 0 Å². The fourth-order valence-corrected chi connectivity index (χ4v) is 2.15. The molecule has 0 atom stereocenters. The predicted molar refractivity (Wildman–Crippen MR) is 72.2 cm³/mol. The second kappa shape index (κ2) is 7.38. The number of hydrogen-bond donors (Lipinski definition) is 1. The Kier molecular flexibility index (Phi) is 6.12. The Bertz CT molecular complexity index is 348. The molecule has 0 bridgehead atoms. The highest BCUT2D eigenvalue weighted by atomic mass is 14.9. The molecule has 3 heteroatoms. The molecule has 0 amide bonds. The lowest BCUT2D eigenvalue weighted by molar-refractivity contribution is 0.732. The van der Waals surface area contributed by atoms with Crippen LogP contribution in [0.5, 0.6) is 0 Å². The average molecular weight is 235 g/mol. The van der Waals surface area contributed by atoms with Crippen LogP contribution in [0.1, 0.15) is 56.4 Å². The van der Waals surface area contributed by atoms with Crippen molar-refractivity contribution in [1.29, 1.82) is 0 Å². The van der Waals surface area contributed by atoms with E-state index in [0.717, 1.165) is 44.3 Å². The van der Waals surface area contributed by atoms with Gasteiger partial charge in [0, 0.05) is 17.8 Å². The lowest BCUT2D eigenvalue weighted by Crippen LogP contribution is -2.11. The molecule has 1 heterocycles. The molecule has 1 rings (SSSR count). The summed E-state index contributed by atoms with van der Waals surface area (Å²) in [6.45, 7) is 7.27. The maximum atomic E-state index is 5.54. The van der Waals surface area contributed by atoms with Crippen molar-refractivity contribution in [3.8, 4) is 0 Å². The first-order chi connectivity index (χ1) is 8.26. The van der Waals surface area contributed by atoms with Gasteiger partial charge in [0.1, 0.15) is 5.82 Å². The molecule has 2 N–H and O–H groups in total. The summed E-state index contributed by atoms with van der Waals surface area (Å²) in [5.74, 6) is 0.980. The van der Waals surface area contributed by atoms with Gasteiger partial charge in [-0.25, -0.2) is 9.97 Å². The molecule has 0 aliphatic heterocycles. The smallest absolute Gasteiger partial charge is 0.128 e. The van der Waals surface area contributed by atoms with Gasteiger partial charge >= 0.3 is 0 Å². The average Bonchev–Trinajstić information content (AvgIpc) is 2.36. The fourth-order valence-electron chi connectivity index (χ4n) is 2.15. The second-order valence-electron chi connectivity index (χ2n) is 4.36. The van der Waals surface area contributed by atoms with E-state index in [0.29, 0.717) is 6.54 Å². The molecule has 0 fully saturated rings. The third-order valence-corrected chi connectivity index (χ3v) is 3.00. The number of hydrogen-bond acceptors (Lipinski definition) is 3. The first-order valence-electron chi connectivity index (χ1n) is 6.84. The highest BCUT2D eigenvalue weighted by molar-refractivity contribution is 5.26. The predicted octanol–water partition coefficient (Wildman–Crippen LogP) is 2.45. The monoisotopic (exact) mass is 235 g/mol. The van der Waals surface area contributed by atoms with Crippen LogP contribution in [0.3, 0.4) is 0 Å². The molecule has 0 aliphatic carbocycles. The highest BCUT2D eigenvalue weighted by Crippen LogP contribution is 2.15. The van der Waals surface area contributed by atoms with Gasteiger partial charge in [-0.05, 0) is 37.8 Å². The van der Waals surface area contributed by atoms with E-state index < -0.39 is 0 Å². The third-order valence-electron chi connectivity index (χ3n) is 3.00. The van der Waals surface area contributed by atoms with E-state index in [9.17, 15) is 0 Å². The van der Waals surface area contributed by atoms with E-state index in [1.807, 2.05) is 0 Å². The van der Waals surface area contributed by atoms with Gasteiger partial charge in [-0.1, -0.05) is 27.2 Å². The Morgan fingerprint density at radius 1 is 0.941 bits per heavy atom. The van der Waals surface area contributed by atoms with E-state index in [2.05, 4.69) is 25.8 Å². The summed E-state index contributed by atoms with van der Waals surface area (Å²) in [6.07, 6.45) is 6.12. The van der Waals surface area contributed by atoms with Crippen molar-refractivity contribution in [2.24, 2.45) is 5.73 Å². The molecule has 3 nitrogen and oxygen atoms in total. The van der Waals surface area contributed by atoms with Crippen molar-refractivity contribution >= 4 is 0 Å². The number of rotatable bonds is 7. The van der Waals surface area contributed by atoms with E-state index >= 15 is 0 Å². The minimum absolute atomic E-state index is 0.712. The van der Waals surface area contributed by atoms with Crippen molar-refractivity contribution in [1.82, 2.24) is 9.97 Å². The van der Waals surface area contributed by atoms with Crippen molar-refractivity contribution in [2.75, 3.05) is 6.54 Å². The van der Waals surface area contributed by atoms with Gasteiger partial charge < -0.3 is 5.73 Å². The molecule has 1 aromatic rings. The molecule has 0 unspecified atom stereocenters. The van der Waals surface area contributed by atoms with E-state index in [1.54, 1.807) is 0 Å². The van der Waals surface area contributed by atoms with Crippen LogP contribution in [0.15, 0.2) is 0 Å². The lowest BCUT2D eigenvalue weighted by Gasteiger charge is -2.13. The van der Waals surface area contributed by atoms with Gasteiger partial charge in [0.15, 0.2) is 0 Å². The first kappa shape index (κ1) is 14.1. The van der Waals surface area contributed by atoms with Crippen LogP contribution in [0.25, 0.3) is 0 Å². The molecule has 0 radical (unpaired) electrons. The molecule has 0 saturated carbocycles.